The Morgan fingerprint density at radius 3 is 2.92 bits per heavy atom. The molecule has 1 aliphatic rings. The number of rotatable bonds is 6. The van der Waals surface area contributed by atoms with E-state index in [2.05, 4.69) is 15.5 Å². The highest BCUT2D eigenvalue weighted by molar-refractivity contribution is 6.04. The molecule has 3 rings (SSSR count). The van der Waals surface area contributed by atoms with E-state index >= 15 is 0 Å². The Hall–Kier alpha value is -2.90. The highest BCUT2D eigenvalue weighted by atomic mass is 16.5. The smallest absolute Gasteiger partial charge is 0.249 e. The summed E-state index contributed by atoms with van der Waals surface area (Å²) in [5.74, 6) is 0.903. The molecule has 0 saturated carbocycles. The Morgan fingerprint density at radius 1 is 1.38 bits per heavy atom. The van der Waals surface area contributed by atoms with Crippen LogP contribution in [0.2, 0.25) is 0 Å². The fourth-order valence-electron chi connectivity index (χ4n) is 3.05. The largest absolute Gasteiger partial charge is 0.492 e. The summed E-state index contributed by atoms with van der Waals surface area (Å²) in [5.41, 5.74) is 0.553. The molecule has 1 aliphatic heterocycles. The fraction of sp³-hybridized carbons (Fsp3) is 0.444. The van der Waals surface area contributed by atoms with E-state index in [0.29, 0.717) is 36.3 Å². The normalized spacial score (nSPS) is 16.5. The third-order valence-corrected chi connectivity index (χ3v) is 4.17. The number of carbonyl (C=O) groups excluding carboxylic acids is 2. The van der Waals surface area contributed by atoms with Crippen molar-refractivity contribution in [3.63, 3.8) is 0 Å². The van der Waals surface area contributed by atoms with Gasteiger partial charge in [-0.25, -0.2) is 0 Å². The topological polar surface area (TPSA) is 97.6 Å². The van der Waals surface area contributed by atoms with Crippen molar-refractivity contribution in [1.29, 1.82) is 0 Å². The van der Waals surface area contributed by atoms with Crippen LogP contribution in [0, 0.1) is 6.92 Å². The first kappa shape index (κ1) is 17.9. The summed E-state index contributed by atoms with van der Waals surface area (Å²) in [4.78, 5) is 30.8. The van der Waals surface area contributed by atoms with Gasteiger partial charge in [0.1, 0.15) is 18.2 Å². The summed E-state index contributed by atoms with van der Waals surface area (Å²) in [6.45, 7) is 4.67. The number of carbonyl (C=O) groups is 2. The lowest BCUT2D eigenvalue weighted by Gasteiger charge is -2.21. The number of hydrogen-bond acceptors (Lipinski definition) is 6. The minimum atomic E-state index is -0.380. The maximum Gasteiger partial charge on any atom is 0.249 e. The molecule has 0 bridgehead atoms. The lowest BCUT2D eigenvalue weighted by molar-refractivity contribution is -0.135. The Kier molecular flexibility index (Phi) is 5.50. The zero-order valence-corrected chi connectivity index (χ0v) is 14.9. The van der Waals surface area contributed by atoms with Gasteiger partial charge in [0, 0.05) is 6.54 Å². The minimum Gasteiger partial charge on any atom is -0.492 e. The molecular weight excluding hydrogens is 336 g/mol. The van der Waals surface area contributed by atoms with Crippen LogP contribution in [0.25, 0.3) is 0 Å². The first-order chi connectivity index (χ1) is 12.6. The maximum absolute atomic E-state index is 12.6. The number of aryl methyl sites for hydroxylation is 1. The van der Waals surface area contributed by atoms with Crippen molar-refractivity contribution >= 4 is 17.5 Å². The predicted octanol–water partition coefficient (Wildman–Crippen LogP) is 2.47. The molecular formula is C18H22N4O4. The predicted molar refractivity (Wildman–Crippen MR) is 93.6 cm³/mol. The van der Waals surface area contributed by atoms with Crippen LogP contribution >= 0.6 is 0 Å². The molecule has 0 unspecified atom stereocenters. The number of anilines is 1. The summed E-state index contributed by atoms with van der Waals surface area (Å²) in [7, 11) is 0. The van der Waals surface area contributed by atoms with Crippen molar-refractivity contribution in [2.24, 2.45) is 0 Å². The Balaban J connectivity index is 1.63. The van der Waals surface area contributed by atoms with Crippen LogP contribution in [-0.2, 0) is 9.59 Å². The van der Waals surface area contributed by atoms with Gasteiger partial charge in [0.15, 0.2) is 5.82 Å². The third kappa shape index (κ3) is 4.01. The second-order valence-electron chi connectivity index (χ2n) is 6.08. The van der Waals surface area contributed by atoms with Gasteiger partial charge in [0.05, 0.1) is 12.3 Å². The van der Waals surface area contributed by atoms with Crippen LogP contribution in [0.15, 0.2) is 28.8 Å². The molecule has 0 radical (unpaired) electrons. The van der Waals surface area contributed by atoms with E-state index in [1.807, 2.05) is 13.0 Å². The lowest BCUT2D eigenvalue weighted by Crippen LogP contribution is -2.33. The van der Waals surface area contributed by atoms with Gasteiger partial charge < -0.3 is 19.5 Å². The van der Waals surface area contributed by atoms with Crippen molar-refractivity contribution in [3.8, 4) is 5.75 Å². The van der Waals surface area contributed by atoms with E-state index in [1.54, 1.807) is 30.0 Å². The SMILES string of the molecule is CCOc1ccccc1NC(=O)CC(=O)N1CCC[C@H]1c1nc(C)no1. The second kappa shape index (κ2) is 7.99. The molecule has 0 aliphatic carbocycles. The van der Waals surface area contributed by atoms with Crippen molar-refractivity contribution in [1.82, 2.24) is 15.0 Å². The Morgan fingerprint density at radius 2 is 2.19 bits per heavy atom. The van der Waals surface area contributed by atoms with Crippen LogP contribution in [-0.4, -0.2) is 40.0 Å². The molecule has 26 heavy (non-hydrogen) atoms. The average Bonchev–Trinajstić information content (AvgIpc) is 3.25. The minimum absolute atomic E-state index is 0.246. The fourth-order valence-corrected chi connectivity index (χ4v) is 3.05. The van der Waals surface area contributed by atoms with E-state index in [1.165, 1.54) is 0 Å². The van der Waals surface area contributed by atoms with Crippen molar-refractivity contribution in [2.45, 2.75) is 39.2 Å². The average molecular weight is 358 g/mol. The molecule has 2 amide bonds. The third-order valence-electron chi connectivity index (χ3n) is 4.17. The van der Waals surface area contributed by atoms with Crippen LogP contribution in [0.3, 0.4) is 0 Å². The number of likely N-dealkylation sites (tertiary alicyclic amines) is 1. The molecule has 1 atom stereocenters. The van der Waals surface area contributed by atoms with Crippen molar-refractivity contribution in [2.75, 3.05) is 18.5 Å². The number of nitrogens with zero attached hydrogens (tertiary/aromatic N) is 3. The standard InChI is InChI=1S/C18H22N4O4/c1-3-25-15-9-5-4-7-13(15)20-16(23)11-17(24)22-10-6-8-14(22)18-19-12(2)21-26-18/h4-5,7,9,14H,3,6,8,10-11H2,1-2H3,(H,20,23)/t14-/m0/s1. The summed E-state index contributed by atoms with van der Waals surface area (Å²) >= 11 is 0. The van der Waals surface area contributed by atoms with Gasteiger partial charge in [-0.1, -0.05) is 17.3 Å². The molecule has 138 valence electrons. The molecule has 2 heterocycles. The van der Waals surface area contributed by atoms with Gasteiger partial charge >= 0.3 is 0 Å². The number of amides is 2. The Labute approximate surface area is 151 Å². The number of benzene rings is 1. The van der Waals surface area contributed by atoms with E-state index < -0.39 is 0 Å². The highest BCUT2D eigenvalue weighted by Gasteiger charge is 2.34. The van der Waals surface area contributed by atoms with Crippen LogP contribution in [0.5, 0.6) is 5.75 Å². The molecule has 2 aromatic rings. The summed E-state index contributed by atoms with van der Waals surface area (Å²) in [6.07, 6.45) is 1.35. The van der Waals surface area contributed by atoms with Gasteiger partial charge in [-0.05, 0) is 38.8 Å². The monoisotopic (exact) mass is 358 g/mol. The van der Waals surface area contributed by atoms with Crippen molar-refractivity contribution < 1.29 is 18.8 Å². The molecule has 1 saturated heterocycles. The van der Waals surface area contributed by atoms with Gasteiger partial charge in [-0.2, -0.15) is 4.98 Å². The molecule has 1 N–H and O–H groups in total. The maximum atomic E-state index is 12.6. The van der Waals surface area contributed by atoms with Crippen LogP contribution in [0.1, 0.15) is 43.9 Å². The second-order valence-corrected chi connectivity index (χ2v) is 6.08. The number of aromatic nitrogens is 2. The molecule has 1 aromatic carbocycles. The van der Waals surface area contributed by atoms with Crippen LogP contribution < -0.4 is 10.1 Å². The van der Waals surface area contributed by atoms with E-state index in [4.69, 9.17) is 9.26 Å². The van der Waals surface area contributed by atoms with Gasteiger partial charge in [-0.15, -0.1) is 0 Å². The van der Waals surface area contributed by atoms with Gasteiger partial charge in [0.25, 0.3) is 0 Å². The van der Waals surface area contributed by atoms with Crippen LogP contribution in [0.4, 0.5) is 5.69 Å². The number of nitrogens with one attached hydrogen (secondary N) is 1. The molecule has 0 spiro atoms. The van der Waals surface area contributed by atoms with Gasteiger partial charge in [0.2, 0.25) is 17.7 Å². The number of ether oxygens (including phenoxy) is 1. The zero-order valence-electron chi connectivity index (χ0n) is 14.9. The molecule has 1 aromatic heterocycles. The first-order valence-corrected chi connectivity index (χ1v) is 8.70. The number of hydrogen-bond donors (Lipinski definition) is 1. The highest BCUT2D eigenvalue weighted by Crippen LogP contribution is 2.31. The Bertz CT molecular complexity index is 789. The van der Waals surface area contributed by atoms with E-state index in [9.17, 15) is 9.59 Å². The lowest BCUT2D eigenvalue weighted by atomic mass is 10.2. The molecule has 1 fully saturated rings. The van der Waals surface area contributed by atoms with E-state index in [0.717, 1.165) is 12.8 Å². The zero-order chi connectivity index (χ0) is 18.5. The molecule has 8 nitrogen and oxygen atoms in total. The van der Waals surface area contributed by atoms with Crippen molar-refractivity contribution in [3.05, 3.63) is 36.0 Å². The quantitative estimate of drug-likeness (QED) is 0.797. The first-order valence-electron chi connectivity index (χ1n) is 8.70. The van der Waals surface area contributed by atoms with E-state index in [-0.39, 0.29) is 24.3 Å². The summed E-state index contributed by atoms with van der Waals surface area (Å²) < 4.78 is 10.7. The summed E-state index contributed by atoms with van der Waals surface area (Å²) in [6, 6.07) is 6.89. The number of para-hydroxylation sites is 2. The summed E-state index contributed by atoms with van der Waals surface area (Å²) in [5, 5.41) is 6.53. The van der Waals surface area contributed by atoms with Gasteiger partial charge in [-0.3, -0.25) is 9.59 Å². The molecule has 8 heteroatoms.